The minimum Gasteiger partial charge on any atom is -0.391 e. The molecule has 0 unspecified atom stereocenters. The second-order valence-corrected chi connectivity index (χ2v) is 17.8. The van der Waals surface area contributed by atoms with Crippen LogP contribution in [0.15, 0.2) is 0 Å². The first-order chi connectivity index (χ1) is 31.5. The average molecular weight is 952 g/mol. The third kappa shape index (κ3) is 19.4. The normalized spacial score (nSPS) is 17.5. The molecule has 0 saturated carbocycles. The summed E-state index contributed by atoms with van der Waals surface area (Å²) in [4.78, 5) is 135. The highest BCUT2D eigenvalue weighted by Gasteiger charge is 2.40. The van der Waals surface area contributed by atoms with Crippen LogP contribution in [0, 0.1) is 17.8 Å². The Morgan fingerprint density at radius 2 is 1.19 bits per heavy atom. The molecule has 1 fully saturated rings. The van der Waals surface area contributed by atoms with E-state index in [1.807, 2.05) is 6.92 Å². The fourth-order valence-corrected chi connectivity index (χ4v) is 7.33. The molecular formula is C45H81N11O11. The van der Waals surface area contributed by atoms with E-state index in [1.54, 1.807) is 48.5 Å². The molecule has 10 amide bonds. The molecule has 1 rings (SSSR count). The number of nitrogens with two attached hydrogens (primary N) is 1. The molecule has 0 aromatic carbocycles. The Labute approximate surface area is 395 Å². The molecule has 10 atom stereocenters. The summed E-state index contributed by atoms with van der Waals surface area (Å²) >= 11 is 0. The first-order valence-corrected chi connectivity index (χ1v) is 23.7. The topological polar surface area (TPSA) is 320 Å². The number of carbonyl (C=O) groups is 10. The number of likely N-dealkylation sites (N-methyl/N-ethyl adjacent to an activating group) is 2. The van der Waals surface area contributed by atoms with E-state index >= 15 is 0 Å². The summed E-state index contributed by atoms with van der Waals surface area (Å²) in [5, 5.41) is 31.9. The van der Waals surface area contributed by atoms with Crippen LogP contribution < -0.4 is 48.3 Å². The van der Waals surface area contributed by atoms with Crippen LogP contribution in [0.5, 0.6) is 0 Å². The summed E-state index contributed by atoms with van der Waals surface area (Å²) in [6, 6.07) is -8.09. The van der Waals surface area contributed by atoms with Gasteiger partial charge in [-0.3, -0.25) is 47.9 Å². The van der Waals surface area contributed by atoms with Crippen molar-refractivity contribution in [3.63, 3.8) is 0 Å². The minimum absolute atomic E-state index is 0.105. The monoisotopic (exact) mass is 952 g/mol. The molecule has 1 saturated heterocycles. The Kier molecular flexibility index (Phi) is 26.8. The molecule has 0 spiro atoms. The van der Waals surface area contributed by atoms with Crippen LogP contribution in [0.3, 0.4) is 0 Å². The lowest BCUT2D eigenvalue weighted by Gasteiger charge is -2.32. The quantitative estimate of drug-likeness (QED) is 0.0401. The summed E-state index contributed by atoms with van der Waals surface area (Å²) in [5.74, 6) is -7.58. The summed E-state index contributed by atoms with van der Waals surface area (Å²) in [6.45, 7) is 16.7. The maximum Gasteiger partial charge on any atom is 0.245 e. The van der Waals surface area contributed by atoms with Gasteiger partial charge in [-0.15, -0.1) is 0 Å². The summed E-state index contributed by atoms with van der Waals surface area (Å²) < 4.78 is 0. The minimum atomic E-state index is -1.61. The van der Waals surface area contributed by atoms with Gasteiger partial charge in [0, 0.05) is 27.1 Å². The summed E-state index contributed by atoms with van der Waals surface area (Å²) in [6.07, 6.45) is 1.56. The van der Waals surface area contributed by atoms with Crippen molar-refractivity contribution in [3.8, 4) is 0 Å². The van der Waals surface area contributed by atoms with Crippen LogP contribution in [-0.2, 0) is 47.9 Å². The Hall–Kier alpha value is -5.38. The highest BCUT2D eigenvalue weighted by Crippen LogP contribution is 2.20. The highest BCUT2D eigenvalue weighted by atomic mass is 16.3. The van der Waals surface area contributed by atoms with Gasteiger partial charge in [-0.1, -0.05) is 67.7 Å². The number of likely N-dealkylation sites (tertiary alicyclic amines) is 1. The van der Waals surface area contributed by atoms with Gasteiger partial charge in [0.25, 0.3) is 0 Å². The predicted molar refractivity (Wildman–Crippen MR) is 250 cm³/mol. The molecule has 11 N–H and O–H groups in total. The van der Waals surface area contributed by atoms with Crippen LogP contribution >= 0.6 is 0 Å². The van der Waals surface area contributed by atoms with E-state index in [2.05, 4.69) is 42.5 Å². The maximum absolute atomic E-state index is 14.0. The molecule has 22 heteroatoms. The molecule has 1 heterocycles. The molecule has 0 aromatic heterocycles. The van der Waals surface area contributed by atoms with Crippen molar-refractivity contribution < 1.29 is 53.1 Å². The van der Waals surface area contributed by atoms with Crippen molar-refractivity contribution in [2.24, 2.45) is 23.5 Å². The van der Waals surface area contributed by atoms with Crippen molar-refractivity contribution in [3.05, 3.63) is 0 Å². The number of amides is 10. The number of hydrogen-bond acceptors (Lipinski definition) is 12. The SMILES string of the molecule is CCC[C@H](NC(=O)[C@@H](NC(=O)[C@H](NC(=O)[C@@H](NC(=O)CNC(=O)CN(C)C(C)=O)C(C)C)[C@@H](C)CC)[C@@H](C)O)C(=O)N[C@H](C(=O)N[C@@H](CCCN)C(=O)N1CCC[C@H]1C(=O)NCC)[C@@H](C)CC. The number of hydrogen-bond donors (Lipinski definition) is 10. The molecule has 0 aliphatic carbocycles. The maximum atomic E-state index is 14.0. The summed E-state index contributed by atoms with van der Waals surface area (Å²) in [7, 11) is 1.42. The van der Waals surface area contributed by atoms with E-state index in [0.29, 0.717) is 51.6 Å². The van der Waals surface area contributed by atoms with Gasteiger partial charge in [0.15, 0.2) is 0 Å². The number of nitrogens with zero attached hydrogens (tertiary/aromatic N) is 2. The zero-order valence-corrected chi connectivity index (χ0v) is 41.5. The Morgan fingerprint density at radius 3 is 1.70 bits per heavy atom. The van der Waals surface area contributed by atoms with Crippen molar-refractivity contribution in [2.75, 3.05) is 39.8 Å². The lowest BCUT2D eigenvalue weighted by Crippen LogP contribution is -2.63. The van der Waals surface area contributed by atoms with E-state index in [0.717, 1.165) is 4.90 Å². The number of nitrogens with one attached hydrogen (secondary N) is 8. The Morgan fingerprint density at radius 1 is 0.672 bits per heavy atom. The molecule has 1 aliphatic rings. The molecule has 67 heavy (non-hydrogen) atoms. The van der Waals surface area contributed by atoms with Crippen molar-refractivity contribution in [1.29, 1.82) is 0 Å². The highest BCUT2D eigenvalue weighted by molar-refractivity contribution is 5.98. The lowest BCUT2D eigenvalue weighted by atomic mass is 9.95. The first-order valence-electron chi connectivity index (χ1n) is 23.7. The van der Waals surface area contributed by atoms with E-state index < -0.39 is 120 Å². The molecule has 0 bridgehead atoms. The number of carbonyl (C=O) groups excluding carboxylic acids is 10. The molecule has 0 aromatic rings. The fourth-order valence-electron chi connectivity index (χ4n) is 7.33. The van der Waals surface area contributed by atoms with Crippen LogP contribution in [-0.4, -0.2) is 162 Å². The van der Waals surface area contributed by atoms with E-state index in [-0.39, 0.29) is 37.7 Å². The predicted octanol–water partition coefficient (Wildman–Crippen LogP) is -1.72. The second kappa shape index (κ2) is 30.1. The van der Waals surface area contributed by atoms with Crippen molar-refractivity contribution >= 4 is 59.1 Å². The molecule has 0 radical (unpaired) electrons. The van der Waals surface area contributed by atoms with Crippen LogP contribution in [0.25, 0.3) is 0 Å². The lowest BCUT2D eigenvalue weighted by molar-refractivity contribution is -0.142. The Bertz CT molecular complexity index is 1700. The zero-order valence-electron chi connectivity index (χ0n) is 41.5. The van der Waals surface area contributed by atoms with Gasteiger partial charge in [-0.2, -0.15) is 0 Å². The molecule has 382 valence electrons. The molecule has 1 aliphatic heterocycles. The van der Waals surface area contributed by atoms with E-state index in [4.69, 9.17) is 5.73 Å². The van der Waals surface area contributed by atoms with Crippen LogP contribution in [0.2, 0.25) is 0 Å². The largest absolute Gasteiger partial charge is 0.391 e. The van der Waals surface area contributed by atoms with Gasteiger partial charge in [0.05, 0.1) is 19.2 Å². The molecule has 22 nitrogen and oxygen atoms in total. The smallest absolute Gasteiger partial charge is 0.245 e. The van der Waals surface area contributed by atoms with Gasteiger partial charge >= 0.3 is 0 Å². The van der Waals surface area contributed by atoms with Crippen molar-refractivity contribution in [1.82, 2.24) is 52.3 Å². The number of aliphatic hydroxyl groups is 1. The average Bonchev–Trinajstić information content (AvgIpc) is 3.78. The van der Waals surface area contributed by atoms with Crippen molar-refractivity contribution in [2.45, 2.75) is 169 Å². The summed E-state index contributed by atoms with van der Waals surface area (Å²) in [5.41, 5.74) is 5.78. The third-order valence-corrected chi connectivity index (χ3v) is 12.0. The van der Waals surface area contributed by atoms with E-state index in [9.17, 15) is 53.1 Å². The second-order valence-electron chi connectivity index (χ2n) is 17.8. The zero-order chi connectivity index (χ0) is 51.1. The van der Waals surface area contributed by atoms with Gasteiger partial charge in [0.1, 0.15) is 42.3 Å². The van der Waals surface area contributed by atoms with Gasteiger partial charge in [-0.25, -0.2) is 0 Å². The van der Waals surface area contributed by atoms with Gasteiger partial charge < -0.3 is 63.2 Å². The first kappa shape index (κ1) is 59.6. The Balaban J connectivity index is 3.25. The van der Waals surface area contributed by atoms with E-state index in [1.165, 1.54) is 25.8 Å². The van der Waals surface area contributed by atoms with Crippen LogP contribution in [0.1, 0.15) is 121 Å². The number of aliphatic hydroxyl groups excluding tert-OH is 1. The molecular weight excluding hydrogens is 871 g/mol. The third-order valence-electron chi connectivity index (χ3n) is 12.0. The van der Waals surface area contributed by atoms with Crippen LogP contribution in [0.4, 0.5) is 0 Å². The fraction of sp³-hybridized carbons (Fsp3) is 0.778. The standard InChI is InChI=1S/C45H81N11O11/c1-12-18-30(39(61)52-36(26(7)13-2)42(64)50-31(19-16-21-46)45(67)56-22-17-20-32(56)40(62)47-15-4)49-44(66)38(28(9)57)54-43(65)37(27(8)14-3)53-41(63)35(25(5)6)51-33(59)23-48-34(60)24-55(11)29(10)58/h25-28,30-32,35-38,57H,12-24,46H2,1-11H3,(H,47,62)(H,48,60)(H,49,66)(H,50,64)(H,51,59)(H,52,61)(H,53,63)(H,54,65)/t26-,27-,28+,30-,31-,32-,35-,36-,37+,38-/m0/s1. The number of rotatable bonds is 29. The van der Waals surface area contributed by atoms with Gasteiger partial charge in [-0.05, 0) is 70.3 Å². The van der Waals surface area contributed by atoms with Gasteiger partial charge in [0.2, 0.25) is 59.1 Å².